The van der Waals surface area contributed by atoms with Crippen molar-refractivity contribution in [3.63, 3.8) is 0 Å². The van der Waals surface area contributed by atoms with Crippen molar-refractivity contribution in [1.29, 1.82) is 0 Å². The largest absolute Gasteiger partial charge is 0.355 e. The summed E-state index contributed by atoms with van der Waals surface area (Å²) in [4.78, 5) is 0. The van der Waals surface area contributed by atoms with Gasteiger partial charge in [-0.25, -0.2) is 8.42 Å². The highest BCUT2D eigenvalue weighted by Gasteiger charge is 2.42. The number of hydrogen-bond donors (Lipinski definition) is 1. The molecule has 15 heavy (non-hydrogen) atoms. The molecule has 0 spiro atoms. The van der Waals surface area contributed by atoms with Crippen LogP contribution < -0.4 is 5.32 Å². The molecule has 0 saturated carbocycles. The van der Waals surface area contributed by atoms with Crippen LogP contribution in [0.4, 0.5) is 0 Å². The van der Waals surface area contributed by atoms with E-state index >= 15 is 0 Å². The summed E-state index contributed by atoms with van der Waals surface area (Å²) in [6.07, 6.45) is 2.22. The minimum absolute atomic E-state index is 0.238. The average molecular weight is 233 g/mol. The van der Waals surface area contributed by atoms with Gasteiger partial charge in [-0.2, -0.15) is 0 Å². The maximum atomic E-state index is 11.9. The molecule has 2 aliphatic heterocycles. The van der Waals surface area contributed by atoms with Gasteiger partial charge in [0.25, 0.3) is 0 Å². The van der Waals surface area contributed by atoms with Crippen LogP contribution in [0.3, 0.4) is 0 Å². The van der Waals surface area contributed by atoms with Crippen molar-refractivity contribution in [1.82, 2.24) is 5.32 Å². The molecule has 0 amide bonds. The topological polar surface area (TPSA) is 55.4 Å². The van der Waals surface area contributed by atoms with E-state index < -0.39 is 9.84 Å². The molecular formula is C10H19NO3S. The summed E-state index contributed by atoms with van der Waals surface area (Å²) in [6.45, 7) is 4.69. The maximum absolute atomic E-state index is 11.9. The Morgan fingerprint density at radius 2 is 2.07 bits per heavy atom. The molecule has 0 aromatic carbocycles. The van der Waals surface area contributed by atoms with E-state index in [0.717, 1.165) is 25.8 Å². The van der Waals surface area contributed by atoms with E-state index in [9.17, 15) is 8.42 Å². The van der Waals surface area contributed by atoms with Gasteiger partial charge >= 0.3 is 0 Å². The van der Waals surface area contributed by atoms with Crippen LogP contribution in [-0.2, 0) is 14.6 Å². The van der Waals surface area contributed by atoms with Crippen molar-refractivity contribution in [3.05, 3.63) is 0 Å². The van der Waals surface area contributed by atoms with E-state index in [1.807, 2.05) is 13.8 Å². The van der Waals surface area contributed by atoms with E-state index in [4.69, 9.17) is 4.74 Å². The average Bonchev–Trinajstić information content (AvgIpc) is 2.45. The van der Waals surface area contributed by atoms with Gasteiger partial charge in [0, 0.05) is 6.54 Å². The number of hydrogen-bond acceptors (Lipinski definition) is 4. The minimum atomic E-state index is -2.94. The SMILES string of the molecule is CC1(C)CNC(C2CCCCS2(=O)=O)O1. The summed E-state index contributed by atoms with van der Waals surface area (Å²) in [5.41, 5.74) is -0.238. The van der Waals surface area contributed by atoms with E-state index in [0.29, 0.717) is 5.75 Å². The van der Waals surface area contributed by atoms with Crippen LogP contribution in [0.5, 0.6) is 0 Å². The van der Waals surface area contributed by atoms with Crippen LogP contribution >= 0.6 is 0 Å². The minimum Gasteiger partial charge on any atom is -0.355 e. The number of sulfone groups is 1. The molecule has 0 aliphatic carbocycles. The third-order valence-electron chi connectivity index (χ3n) is 3.14. The van der Waals surface area contributed by atoms with Crippen LogP contribution in [0, 0.1) is 0 Å². The van der Waals surface area contributed by atoms with Crippen molar-refractivity contribution in [2.45, 2.75) is 50.2 Å². The first-order valence-electron chi connectivity index (χ1n) is 5.53. The first-order chi connectivity index (χ1) is 6.91. The highest BCUT2D eigenvalue weighted by Crippen LogP contribution is 2.28. The van der Waals surface area contributed by atoms with Crippen LogP contribution in [0.25, 0.3) is 0 Å². The number of nitrogens with one attached hydrogen (secondary N) is 1. The predicted molar refractivity (Wildman–Crippen MR) is 58.4 cm³/mol. The molecule has 0 radical (unpaired) electrons. The lowest BCUT2D eigenvalue weighted by molar-refractivity contribution is -0.0172. The Hall–Kier alpha value is -0.130. The molecule has 4 nitrogen and oxygen atoms in total. The third kappa shape index (κ3) is 2.34. The van der Waals surface area contributed by atoms with Crippen molar-refractivity contribution >= 4 is 9.84 Å². The summed E-state index contributed by atoms with van der Waals surface area (Å²) < 4.78 is 29.5. The molecule has 2 rings (SSSR count). The Kier molecular flexibility index (Phi) is 2.81. The van der Waals surface area contributed by atoms with Crippen LogP contribution in [0.2, 0.25) is 0 Å². The van der Waals surface area contributed by atoms with E-state index in [1.54, 1.807) is 0 Å². The normalized spacial score (nSPS) is 39.1. The Balaban J connectivity index is 2.11. The van der Waals surface area contributed by atoms with E-state index in [1.165, 1.54) is 0 Å². The second-order valence-corrected chi connectivity index (χ2v) is 7.42. The summed E-state index contributed by atoms with van der Waals surface area (Å²) >= 11 is 0. The standard InChI is InChI=1S/C10H19NO3S/c1-10(2)7-11-9(14-10)8-5-3-4-6-15(8,12)13/h8-9,11H,3-7H2,1-2H3. The second-order valence-electron chi connectivity index (χ2n) is 5.08. The van der Waals surface area contributed by atoms with Crippen LogP contribution in [-0.4, -0.2) is 37.8 Å². The summed E-state index contributed by atoms with van der Waals surface area (Å²) in [5.74, 6) is 0.319. The van der Waals surface area contributed by atoms with Gasteiger partial charge in [0.1, 0.15) is 11.5 Å². The lowest BCUT2D eigenvalue weighted by Crippen LogP contribution is -2.44. The smallest absolute Gasteiger partial charge is 0.157 e. The molecule has 1 N–H and O–H groups in total. The molecule has 2 aliphatic rings. The highest BCUT2D eigenvalue weighted by atomic mass is 32.2. The molecule has 2 atom stereocenters. The third-order valence-corrected chi connectivity index (χ3v) is 5.40. The molecule has 0 aromatic heterocycles. The molecule has 2 fully saturated rings. The monoisotopic (exact) mass is 233 g/mol. The molecule has 0 bridgehead atoms. The summed E-state index contributed by atoms with van der Waals surface area (Å²) in [5, 5.41) is 2.83. The Bertz CT molecular complexity index is 337. The van der Waals surface area contributed by atoms with Gasteiger partial charge in [-0.05, 0) is 26.7 Å². The van der Waals surface area contributed by atoms with Gasteiger partial charge in [-0.15, -0.1) is 0 Å². The quantitative estimate of drug-likeness (QED) is 0.723. The fraction of sp³-hybridized carbons (Fsp3) is 1.00. The fourth-order valence-corrected chi connectivity index (χ4v) is 4.26. The van der Waals surface area contributed by atoms with E-state index in [-0.39, 0.29) is 17.1 Å². The molecule has 2 heterocycles. The molecular weight excluding hydrogens is 214 g/mol. The van der Waals surface area contributed by atoms with Gasteiger partial charge in [0.2, 0.25) is 0 Å². The lowest BCUT2D eigenvalue weighted by Gasteiger charge is -2.28. The van der Waals surface area contributed by atoms with Crippen LogP contribution in [0.15, 0.2) is 0 Å². The molecule has 5 heteroatoms. The lowest BCUT2D eigenvalue weighted by atomic mass is 10.1. The number of ether oxygens (including phenoxy) is 1. The predicted octanol–water partition coefficient (Wildman–Crippen LogP) is 0.678. The van der Waals surface area contributed by atoms with Crippen LogP contribution in [0.1, 0.15) is 33.1 Å². The Morgan fingerprint density at radius 3 is 2.60 bits per heavy atom. The van der Waals surface area contributed by atoms with Crippen molar-refractivity contribution in [2.24, 2.45) is 0 Å². The number of rotatable bonds is 1. The Morgan fingerprint density at radius 1 is 1.33 bits per heavy atom. The first-order valence-corrected chi connectivity index (χ1v) is 7.25. The fourth-order valence-electron chi connectivity index (χ4n) is 2.30. The summed E-state index contributed by atoms with van der Waals surface area (Å²) in [7, 11) is -2.94. The van der Waals surface area contributed by atoms with Crippen molar-refractivity contribution in [2.75, 3.05) is 12.3 Å². The zero-order valence-electron chi connectivity index (χ0n) is 9.32. The van der Waals surface area contributed by atoms with Gasteiger partial charge in [0.15, 0.2) is 9.84 Å². The molecule has 0 aromatic rings. The maximum Gasteiger partial charge on any atom is 0.157 e. The Labute approximate surface area is 91.3 Å². The zero-order chi connectivity index (χ0) is 11.1. The first kappa shape index (κ1) is 11.4. The summed E-state index contributed by atoms with van der Waals surface area (Å²) in [6, 6.07) is 0. The van der Waals surface area contributed by atoms with Gasteiger partial charge in [-0.1, -0.05) is 6.42 Å². The van der Waals surface area contributed by atoms with Crippen molar-refractivity contribution < 1.29 is 13.2 Å². The van der Waals surface area contributed by atoms with Gasteiger partial charge in [-0.3, -0.25) is 5.32 Å². The second kappa shape index (κ2) is 3.71. The molecule has 2 saturated heterocycles. The van der Waals surface area contributed by atoms with Crippen molar-refractivity contribution in [3.8, 4) is 0 Å². The zero-order valence-corrected chi connectivity index (χ0v) is 10.1. The van der Waals surface area contributed by atoms with Gasteiger partial charge < -0.3 is 4.74 Å². The van der Waals surface area contributed by atoms with E-state index in [2.05, 4.69) is 5.32 Å². The van der Waals surface area contributed by atoms with Gasteiger partial charge in [0.05, 0.1) is 11.4 Å². The molecule has 2 unspecified atom stereocenters. The highest BCUT2D eigenvalue weighted by molar-refractivity contribution is 7.92. The molecule has 88 valence electrons.